The van der Waals surface area contributed by atoms with Crippen LogP contribution in [0.4, 0.5) is 0 Å². The van der Waals surface area contributed by atoms with Gasteiger partial charge in [-0.3, -0.25) is 9.59 Å². The zero-order valence-corrected chi connectivity index (χ0v) is 16.4. The number of methoxy groups -OCH3 is 1. The van der Waals surface area contributed by atoms with Gasteiger partial charge in [0, 0.05) is 47.5 Å². The molecule has 2 atom stereocenters. The number of ether oxygens (including phenoxy) is 1. The van der Waals surface area contributed by atoms with Gasteiger partial charge < -0.3 is 15.0 Å². The molecule has 1 saturated carbocycles. The number of hydrogen-bond donors (Lipinski definition) is 1. The van der Waals surface area contributed by atoms with Gasteiger partial charge in [0.05, 0.1) is 7.11 Å². The first kappa shape index (κ1) is 18.7. The molecule has 1 aromatic carbocycles. The molecule has 0 spiro atoms. The van der Waals surface area contributed by atoms with Gasteiger partial charge >= 0.3 is 0 Å². The number of amides is 2. The van der Waals surface area contributed by atoms with Gasteiger partial charge in [0.2, 0.25) is 5.88 Å². The minimum atomic E-state index is -0.0859. The monoisotopic (exact) mass is 399 g/mol. The highest BCUT2D eigenvalue weighted by Gasteiger charge is 2.44. The molecule has 2 amide bonds. The van der Waals surface area contributed by atoms with Crippen molar-refractivity contribution in [1.82, 2.24) is 15.2 Å². The minimum absolute atomic E-state index is 0.0138. The number of pyridine rings is 1. The Kier molecular flexibility index (Phi) is 5.22. The standard InChI is InChI=1S/C21H22ClN3O3/c1-28-18-10-14(8-9-23-18)21(27)25-11-15-2-3-16(12-25)19(15)24-20(26)13-4-6-17(22)7-5-13/h4-10,15-16,19H,2-3,11-12H2,1H3,(H,24,26). The van der Waals surface area contributed by atoms with E-state index in [4.69, 9.17) is 16.3 Å². The molecule has 4 rings (SSSR count). The predicted octanol–water partition coefficient (Wildman–Crippen LogP) is 3.02. The van der Waals surface area contributed by atoms with Gasteiger partial charge in [0.1, 0.15) is 0 Å². The molecule has 146 valence electrons. The lowest BCUT2D eigenvalue weighted by Gasteiger charge is -2.38. The molecule has 0 radical (unpaired) electrons. The van der Waals surface area contributed by atoms with Crippen LogP contribution in [0.2, 0.25) is 5.02 Å². The van der Waals surface area contributed by atoms with Crippen LogP contribution in [0.1, 0.15) is 33.6 Å². The summed E-state index contributed by atoms with van der Waals surface area (Å²) in [6.45, 7) is 1.29. The third-order valence-corrected chi connectivity index (χ3v) is 5.97. The zero-order chi connectivity index (χ0) is 19.7. The molecule has 1 N–H and O–H groups in total. The van der Waals surface area contributed by atoms with Crippen LogP contribution in [-0.2, 0) is 0 Å². The van der Waals surface area contributed by atoms with E-state index >= 15 is 0 Å². The summed E-state index contributed by atoms with van der Waals surface area (Å²) in [7, 11) is 1.53. The number of likely N-dealkylation sites (tertiary alicyclic amines) is 1. The lowest BCUT2D eigenvalue weighted by molar-refractivity contribution is 0.0597. The average Bonchev–Trinajstić information content (AvgIpc) is 2.95. The Hall–Kier alpha value is -2.60. The summed E-state index contributed by atoms with van der Waals surface area (Å²) in [4.78, 5) is 31.5. The van der Waals surface area contributed by atoms with Gasteiger partial charge in [-0.2, -0.15) is 0 Å². The molecule has 2 aromatic rings. The van der Waals surface area contributed by atoms with E-state index in [9.17, 15) is 9.59 Å². The summed E-state index contributed by atoms with van der Waals surface area (Å²) >= 11 is 5.90. The summed E-state index contributed by atoms with van der Waals surface area (Å²) in [5, 5.41) is 3.79. The topological polar surface area (TPSA) is 71.5 Å². The van der Waals surface area contributed by atoms with Crippen molar-refractivity contribution in [2.24, 2.45) is 11.8 Å². The Bertz CT molecular complexity index is 873. The van der Waals surface area contributed by atoms with E-state index in [1.165, 1.54) is 7.11 Å². The lowest BCUT2D eigenvalue weighted by atomic mass is 9.91. The largest absolute Gasteiger partial charge is 0.481 e. The van der Waals surface area contributed by atoms with Crippen molar-refractivity contribution in [3.05, 3.63) is 58.7 Å². The number of rotatable bonds is 4. The number of hydrogen-bond acceptors (Lipinski definition) is 4. The Morgan fingerprint density at radius 2 is 1.79 bits per heavy atom. The third-order valence-electron chi connectivity index (χ3n) is 5.72. The van der Waals surface area contributed by atoms with Crippen LogP contribution >= 0.6 is 11.6 Å². The van der Waals surface area contributed by atoms with E-state index < -0.39 is 0 Å². The van der Waals surface area contributed by atoms with Crippen LogP contribution in [-0.4, -0.2) is 47.9 Å². The summed E-state index contributed by atoms with van der Waals surface area (Å²) in [6, 6.07) is 10.4. The number of piperidine rings is 1. The van der Waals surface area contributed by atoms with Crippen LogP contribution in [0.3, 0.4) is 0 Å². The highest BCUT2D eigenvalue weighted by atomic mass is 35.5. The normalized spacial score (nSPS) is 23.4. The summed E-state index contributed by atoms with van der Waals surface area (Å²) in [5.41, 5.74) is 1.18. The number of carbonyl (C=O) groups is 2. The summed E-state index contributed by atoms with van der Waals surface area (Å²) in [6.07, 6.45) is 3.61. The van der Waals surface area contributed by atoms with Crippen molar-refractivity contribution in [3.63, 3.8) is 0 Å². The number of fused-ring (bicyclic) bond motifs is 2. The molecular weight excluding hydrogens is 378 g/mol. The number of carbonyl (C=O) groups excluding carboxylic acids is 2. The predicted molar refractivity (Wildman–Crippen MR) is 106 cm³/mol. The second-order valence-corrected chi connectivity index (χ2v) is 7.84. The first-order valence-electron chi connectivity index (χ1n) is 9.41. The number of aromatic nitrogens is 1. The number of halogens is 1. The van der Waals surface area contributed by atoms with Crippen LogP contribution in [0.15, 0.2) is 42.6 Å². The van der Waals surface area contributed by atoms with E-state index in [2.05, 4.69) is 10.3 Å². The van der Waals surface area contributed by atoms with E-state index in [1.54, 1.807) is 42.6 Å². The third kappa shape index (κ3) is 3.69. The molecule has 1 aromatic heterocycles. The molecule has 6 nitrogen and oxygen atoms in total. The maximum Gasteiger partial charge on any atom is 0.254 e. The van der Waals surface area contributed by atoms with Gasteiger partial charge in [-0.1, -0.05) is 11.6 Å². The van der Waals surface area contributed by atoms with Gasteiger partial charge in [0.25, 0.3) is 11.8 Å². The molecule has 2 fully saturated rings. The van der Waals surface area contributed by atoms with Gasteiger partial charge in [-0.15, -0.1) is 0 Å². The first-order valence-corrected chi connectivity index (χ1v) is 9.78. The quantitative estimate of drug-likeness (QED) is 0.857. The highest BCUT2D eigenvalue weighted by Crippen LogP contribution is 2.37. The SMILES string of the molecule is COc1cc(C(=O)N2CC3CCC(C2)C3NC(=O)c2ccc(Cl)cc2)ccn1. The van der Waals surface area contributed by atoms with Crippen LogP contribution in [0, 0.1) is 11.8 Å². The van der Waals surface area contributed by atoms with Crippen molar-refractivity contribution in [2.45, 2.75) is 18.9 Å². The van der Waals surface area contributed by atoms with E-state index in [0.29, 0.717) is 35.1 Å². The Morgan fingerprint density at radius 1 is 1.11 bits per heavy atom. The van der Waals surface area contributed by atoms with E-state index in [0.717, 1.165) is 12.8 Å². The van der Waals surface area contributed by atoms with Gasteiger partial charge in [-0.05, 0) is 55.0 Å². The number of benzene rings is 1. The first-order chi connectivity index (χ1) is 13.5. The second kappa shape index (κ2) is 7.80. The molecule has 1 saturated heterocycles. The molecule has 1 aliphatic heterocycles. The smallest absolute Gasteiger partial charge is 0.254 e. The van der Waals surface area contributed by atoms with Crippen LogP contribution < -0.4 is 10.1 Å². The molecule has 2 aliphatic rings. The fraction of sp³-hybridized carbons (Fsp3) is 0.381. The number of nitrogens with one attached hydrogen (secondary N) is 1. The maximum atomic E-state index is 12.9. The van der Waals surface area contributed by atoms with Crippen molar-refractivity contribution < 1.29 is 14.3 Å². The molecule has 2 unspecified atom stereocenters. The van der Waals surface area contributed by atoms with Gasteiger partial charge in [-0.25, -0.2) is 4.98 Å². The fourth-order valence-electron chi connectivity index (χ4n) is 4.30. The number of nitrogens with zero attached hydrogens (tertiary/aromatic N) is 2. The maximum absolute atomic E-state index is 12.9. The highest BCUT2D eigenvalue weighted by molar-refractivity contribution is 6.30. The zero-order valence-electron chi connectivity index (χ0n) is 15.6. The second-order valence-electron chi connectivity index (χ2n) is 7.40. The van der Waals surface area contributed by atoms with Crippen molar-refractivity contribution >= 4 is 23.4 Å². The Labute approximate surface area is 168 Å². The van der Waals surface area contributed by atoms with Crippen molar-refractivity contribution in [3.8, 4) is 5.88 Å². The molecular formula is C21H22ClN3O3. The van der Waals surface area contributed by atoms with Crippen molar-refractivity contribution in [1.29, 1.82) is 0 Å². The fourth-order valence-corrected chi connectivity index (χ4v) is 4.42. The summed E-state index contributed by atoms with van der Waals surface area (Å²) < 4.78 is 5.12. The average molecular weight is 400 g/mol. The molecule has 2 heterocycles. The molecule has 28 heavy (non-hydrogen) atoms. The van der Waals surface area contributed by atoms with Crippen molar-refractivity contribution in [2.75, 3.05) is 20.2 Å². The van der Waals surface area contributed by atoms with Crippen LogP contribution in [0.25, 0.3) is 0 Å². The lowest BCUT2D eigenvalue weighted by Crippen LogP contribution is -2.54. The summed E-state index contributed by atoms with van der Waals surface area (Å²) in [5.74, 6) is 0.863. The minimum Gasteiger partial charge on any atom is -0.481 e. The van der Waals surface area contributed by atoms with E-state index in [-0.39, 0.29) is 29.7 Å². The van der Waals surface area contributed by atoms with E-state index in [1.807, 2.05) is 4.90 Å². The Morgan fingerprint density at radius 3 is 2.43 bits per heavy atom. The van der Waals surface area contributed by atoms with Crippen LogP contribution in [0.5, 0.6) is 5.88 Å². The molecule has 1 aliphatic carbocycles. The van der Waals surface area contributed by atoms with Gasteiger partial charge in [0.15, 0.2) is 0 Å². The molecule has 7 heteroatoms. The molecule has 2 bridgehead atoms. The Balaban J connectivity index is 1.43.